The summed E-state index contributed by atoms with van der Waals surface area (Å²) in [5.41, 5.74) is 0.639. The molecule has 0 fully saturated rings. The maximum atomic E-state index is 13.6. The van der Waals surface area contributed by atoms with Crippen molar-refractivity contribution < 1.29 is 12.8 Å². The molecule has 0 saturated heterocycles. The van der Waals surface area contributed by atoms with Crippen LogP contribution in [0, 0.1) is 5.82 Å². The van der Waals surface area contributed by atoms with Gasteiger partial charge >= 0.3 is 0 Å². The Morgan fingerprint density at radius 3 is 2.62 bits per heavy atom. The van der Waals surface area contributed by atoms with Crippen LogP contribution in [0.4, 0.5) is 4.39 Å². The Balaban J connectivity index is 2.33. The van der Waals surface area contributed by atoms with Gasteiger partial charge in [-0.15, -0.1) is 0 Å². The molecule has 21 heavy (non-hydrogen) atoms. The second-order valence-electron chi connectivity index (χ2n) is 4.33. The lowest BCUT2D eigenvalue weighted by Gasteiger charge is -2.20. The van der Waals surface area contributed by atoms with Crippen molar-refractivity contribution in [1.82, 2.24) is 9.29 Å². The Kier molecular flexibility index (Phi) is 5.08. The fourth-order valence-electron chi connectivity index (χ4n) is 1.83. The molecule has 112 valence electrons. The number of sulfonamides is 1. The highest BCUT2D eigenvalue weighted by atomic mass is 79.9. The molecule has 0 saturated carbocycles. The molecule has 0 aliphatic heterocycles. The first-order valence-corrected chi connectivity index (χ1v) is 8.53. The predicted octanol–water partition coefficient (Wildman–Crippen LogP) is 3.19. The van der Waals surface area contributed by atoms with Gasteiger partial charge in [-0.1, -0.05) is 13.0 Å². The molecule has 0 aliphatic rings. The molecule has 0 bridgehead atoms. The van der Waals surface area contributed by atoms with Crippen LogP contribution >= 0.6 is 15.9 Å². The molecule has 4 nitrogen and oxygen atoms in total. The second kappa shape index (κ2) is 6.64. The summed E-state index contributed by atoms with van der Waals surface area (Å²) in [6.45, 7) is 2.16. The van der Waals surface area contributed by atoms with E-state index in [-0.39, 0.29) is 22.5 Å². The SMILES string of the molecule is CCN(Cc1ccccn1)S(=O)(=O)c1ccc(Br)c(F)c1. The fourth-order valence-corrected chi connectivity index (χ4v) is 3.50. The molecule has 0 spiro atoms. The molecule has 0 N–H and O–H groups in total. The molecule has 0 amide bonds. The third-order valence-corrected chi connectivity index (χ3v) is 5.51. The first kappa shape index (κ1) is 16.1. The van der Waals surface area contributed by atoms with Crippen molar-refractivity contribution in [3.63, 3.8) is 0 Å². The third kappa shape index (κ3) is 3.66. The van der Waals surface area contributed by atoms with Gasteiger partial charge in [-0.2, -0.15) is 4.31 Å². The van der Waals surface area contributed by atoms with Crippen LogP contribution in [0.25, 0.3) is 0 Å². The highest BCUT2D eigenvalue weighted by molar-refractivity contribution is 9.10. The molecule has 2 aromatic rings. The van der Waals surface area contributed by atoms with Gasteiger partial charge in [-0.25, -0.2) is 12.8 Å². The normalized spacial score (nSPS) is 11.8. The molecule has 2 rings (SSSR count). The van der Waals surface area contributed by atoms with Crippen molar-refractivity contribution in [2.45, 2.75) is 18.4 Å². The Morgan fingerprint density at radius 2 is 2.05 bits per heavy atom. The van der Waals surface area contributed by atoms with Gasteiger partial charge in [-0.05, 0) is 46.3 Å². The minimum absolute atomic E-state index is 0.0685. The Morgan fingerprint density at radius 1 is 1.29 bits per heavy atom. The van der Waals surface area contributed by atoms with E-state index in [4.69, 9.17) is 0 Å². The molecule has 0 aliphatic carbocycles. The summed E-state index contributed by atoms with van der Waals surface area (Å²) < 4.78 is 40.1. The average molecular weight is 373 g/mol. The zero-order chi connectivity index (χ0) is 15.5. The van der Waals surface area contributed by atoms with Crippen LogP contribution in [-0.4, -0.2) is 24.3 Å². The topological polar surface area (TPSA) is 50.3 Å². The Bertz CT molecular complexity index is 723. The van der Waals surface area contributed by atoms with E-state index in [0.29, 0.717) is 5.69 Å². The number of hydrogen-bond acceptors (Lipinski definition) is 3. The Hall–Kier alpha value is -1.31. The van der Waals surface area contributed by atoms with Crippen molar-refractivity contribution >= 4 is 26.0 Å². The number of rotatable bonds is 5. The van der Waals surface area contributed by atoms with Crippen LogP contribution in [0.15, 0.2) is 52.0 Å². The lowest BCUT2D eigenvalue weighted by molar-refractivity contribution is 0.418. The van der Waals surface area contributed by atoms with Gasteiger partial charge in [0.1, 0.15) is 5.82 Å². The first-order chi connectivity index (χ1) is 9.95. The summed E-state index contributed by atoms with van der Waals surface area (Å²) in [5.74, 6) is -0.607. The smallest absolute Gasteiger partial charge is 0.243 e. The molecule has 1 heterocycles. The number of nitrogens with zero attached hydrogens (tertiary/aromatic N) is 2. The summed E-state index contributed by atoms with van der Waals surface area (Å²) in [7, 11) is -3.76. The summed E-state index contributed by atoms with van der Waals surface area (Å²) >= 11 is 3.01. The van der Waals surface area contributed by atoms with E-state index in [1.807, 2.05) is 0 Å². The lowest BCUT2D eigenvalue weighted by Crippen LogP contribution is -2.30. The van der Waals surface area contributed by atoms with Crippen LogP contribution in [0.3, 0.4) is 0 Å². The van der Waals surface area contributed by atoms with E-state index in [9.17, 15) is 12.8 Å². The van der Waals surface area contributed by atoms with Crippen molar-refractivity contribution in [2.24, 2.45) is 0 Å². The van der Waals surface area contributed by atoms with Crippen LogP contribution in [0.5, 0.6) is 0 Å². The number of benzene rings is 1. The van der Waals surface area contributed by atoms with Gasteiger partial charge in [0.25, 0.3) is 0 Å². The largest absolute Gasteiger partial charge is 0.260 e. The second-order valence-corrected chi connectivity index (χ2v) is 7.12. The van der Waals surface area contributed by atoms with E-state index >= 15 is 0 Å². The maximum absolute atomic E-state index is 13.6. The first-order valence-electron chi connectivity index (χ1n) is 6.30. The van der Waals surface area contributed by atoms with Crippen molar-refractivity contribution in [1.29, 1.82) is 0 Å². The highest BCUT2D eigenvalue weighted by Gasteiger charge is 2.24. The van der Waals surface area contributed by atoms with E-state index in [2.05, 4.69) is 20.9 Å². The molecule has 0 radical (unpaired) electrons. The van der Waals surface area contributed by atoms with Crippen LogP contribution in [0.2, 0.25) is 0 Å². The van der Waals surface area contributed by atoms with Gasteiger partial charge in [0.15, 0.2) is 0 Å². The molecule has 7 heteroatoms. The maximum Gasteiger partial charge on any atom is 0.243 e. The summed E-state index contributed by atoms with van der Waals surface area (Å²) in [4.78, 5) is 4.05. The Labute approximate surface area is 131 Å². The van der Waals surface area contributed by atoms with Crippen molar-refractivity contribution in [2.75, 3.05) is 6.54 Å². The van der Waals surface area contributed by atoms with Gasteiger partial charge in [0.05, 0.1) is 21.6 Å². The van der Waals surface area contributed by atoms with E-state index in [1.165, 1.54) is 16.4 Å². The van der Waals surface area contributed by atoms with E-state index in [0.717, 1.165) is 6.07 Å². The van der Waals surface area contributed by atoms with E-state index in [1.54, 1.807) is 31.3 Å². The van der Waals surface area contributed by atoms with Crippen LogP contribution < -0.4 is 0 Å². The molecule has 0 atom stereocenters. The van der Waals surface area contributed by atoms with Crippen LogP contribution in [0.1, 0.15) is 12.6 Å². The van der Waals surface area contributed by atoms with Gasteiger partial charge in [0.2, 0.25) is 10.0 Å². The quantitative estimate of drug-likeness (QED) is 0.809. The minimum Gasteiger partial charge on any atom is -0.260 e. The molecular weight excluding hydrogens is 359 g/mol. The summed E-state index contributed by atoms with van der Waals surface area (Å²) in [6.07, 6.45) is 1.61. The van der Waals surface area contributed by atoms with Gasteiger partial charge in [-0.3, -0.25) is 4.98 Å². The summed E-state index contributed by atoms with van der Waals surface area (Å²) in [6, 6.07) is 9.09. The molecule has 0 unspecified atom stereocenters. The molecule has 1 aromatic heterocycles. The average Bonchev–Trinajstić information content (AvgIpc) is 2.48. The number of hydrogen-bond donors (Lipinski definition) is 0. The number of halogens is 2. The number of pyridine rings is 1. The predicted molar refractivity (Wildman–Crippen MR) is 81.6 cm³/mol. The standard InChI is InChI=1S/C14H14BrFN2O2S/c1-2-18(10-11-5-3-4-8-17-11)21(19,20)12-6-7-13(15)14(16)9-12/h3-9H,2,10H2,1H3. The van der Waals surface area contributed by atoms with Crippen LogP contribution in [-0.2, 0) is 16.6 Å². The van der Waals surface area contributed by atoms with Crippen molar-refractivity contribution in [3.8, 4) is 0 Å². The lowest BCUT2D eigenvalue weighted by atomic mass is 10.3. The van der Waals surface area contributed by atoms with Crippen molar-refractivity contribution in [3.05, 3.63) is 58.6 Å². The highest BCUT2D eigenvalue weighted by Crippen LogP contribution is 2.22. The molecular formula is C14H14BrFN2O2S. The molecule has 1 aromatic carbocycles. The zero-order valence-electron chi connectivity index (χ0n) is 11.3. The fraction of sp³-hybridized carbons (Fsp3) is 0.214. The monoisotopic (exact) mass is 372 g/mol. The van der Waals surface area contributed by atoms with Gasteiger partial charge < -0.3 is 0 Å². The van der Waals surface area contributed by atoms with Gasteiger partial charge in [0, 0.05) is 12.7 Å². The minimum atomic E-state index is -3.76. The summed E-state index contributed by atoms with van der Waals surface area (Å²) in [5, 5.41) is 0. The number of aromatic nitrogens is 1. The third-order valence-electron chi connectivity index (χ3n) is 2.95. The zero-order valence-corrected chi connectivity index (χ0v) is 13.7. The van der Waals surface area contributed by atoms with E-state index < -0.39 is 15.8 Å².